The normalized spacial score (nSPS) is 23.5. The molecule has 1 saturated heterocycles. The number of ketones is 1. The number of carbonyl (C=O) groups is 1. The maximum atomic E-state index is 11.3. The standard InChI is InChI=1S/C9H15NO/c1-2-3-4-9(11)8-5-6-10-7-8/h2,8,10H,1,3-7H2. The Balaban J connectivity index is 2.22. The van der Waals surface area contributed by atoms with E-state index in [4.69, 9.17) is 0 Å². The molecule has 1 rings (SSSR count). The molecule has 1 atom stereocenters. The number of carbonyl (C=O) groups excluding carboxylic acids is 1. The highest BCUT2D eigenvalue weighted by Crippen LogP contribution is 2.11. The Morgan fingerprint density at radius 2 is 2.55 bits per heavy atom. The second-order valence-corrected chi connectivity index (χ2v) is 2.98. The van der Waals surface area contributed by atoms with Crippen molar-refractivity contribution < 1.29 is 4.79 Å². The first-order valence-electron chi connectivity index (χ1n) is 4.19. The SMILES string of the molecule is C=CCCC(=O)C1CCNC1. The molecule has 1 aliphatic heterocycles. The molecule has 1 heterocycles. The van der Waals surface area contributed by atoms with Crippen LogP contribution in [-0.2, 0) is 4.79 Å². The second-order valence-electron chi connectivity index (χ2n) is 2.98. The zero-order chi connectivity index (χ0) is 8.10. The molecule has 0 radical (unpaired) electrons. The summed E-state index contributed by atoms with van der Waals surface area (Å²) >= 11 is 0. The molecule has 1 unspecified atom stereocenters. The molecule has 1 aliphatic rings. The Kier molecular flexibility index (Phi) is 3.30. The van der Waals surface area contributed by atoms with E-state index in [2.05, 4.69) is 11.9 Å². The fraction of sp³-hybridized carbons (Fsp3) is 0.667. The molecule has 0 amide bonds. The van der Waals surface area contributed by atoms with Gasteiger partial charge in [0, 0.05) is 18.9 Å². The van der Waals surface area contributed by atoms with Gasteiger partial charge in [-0.05, 0) is 19.4 Å². The van der Waals surface area contributed by atoms with Gasteiger partial charge in [-0.1, -0.05) is 6.08 Å². The summed E-state index contributed by atoms with van der Waals surface area (Å²) in [5.41, 5.74) is 0. The summed E-state index contributed by atoms with van der Waals surface area (Å²) in [6.07, 6.45) is 4.33. The van der Waals surface area contributed by atoms with E-state index >= 15 is 0 Å². The summed E-state index contributed by atoms with van der Waals surface area (Å²) in [5, 5.41) is 3.18. The molecular weight excluding hydrogens is 138 g/mol. The van der Waals surface area contributed by atoms with E-state index in [0.29, 0.717) is 12.2 Å². The molecule has 0 saturated carbocycles. The molecule has 11 heavy (non-hydrogen) atoms. The molecule has 2 heteroatoms. The largest absolute Gasteiger partial charge is 0.316 e. The third-order valence-corrected chi connectivity index (χ3v) is 2.11. The van der Waals surface area contributed by atoms with Crippen molar-refractivity contribution >= 4 is 5.78 Å². The van der Waals surface area contributed by atoms with Crippen molar-refractivity contribution in [3.8, 4) is 0 Å². The van der Waals surface area contributed by atoms with Crippen LogP contribution in [-0.4, -0.2) is 18.9 Å². The summed E-state index contributed by atoms with van der Waals surface area (Å²) in [5.74, 6) is 0.685. The van der Waals surface area contributed by atoms with Gasteiger partial charge in [0.25, 0.3) is 0 Å². The van der Waals surface area contributed by atoms with Crippen LogP contribution >= 0.6 is 0 Å². The number of hydrogen-bond acceptors (Lipinski definition) is 2. The van der Waals surface area contributed by atoms with Crippen LogP contribution in [0.4, 0.5) is 0 Å². The summed E-state index contributed by atoms with van der Waals surface area (Å²) in [6, 6.07) is 0. The molecule has 0 bridgehead atoms. The lowest BCUT2D eigenvalue weighted by Gasteiger charge is -2.04. The van der Waals surface area contributed by atoms with Gasteiger partial charge in [0.1, 0.15) is 5.78 Å². The van der Waals surface area contributed by atoms with E-state index < -0.39 is 0 Å². The van der Waals surface area contributed by atoms with Gasteiger partial charge < -0.3 is 5.32 Å². The van der Waals surface area contributed by atoms with Gasteiger partial charge in [0.15, 0.2) is 0 Å². The maximum Gasteiger partial charge on any atom is 0.137 e. The van der Waals surface area contributed by atoms with Crippen molar-refractivity contribution in [1.82, 2.24) is 5.32 Å². The molecule has 0 aliphatic carbocycles. The molecule has 0 spiro atoms. The lowest BCUT2D eigenvalue weighted by Crippen LogP contribution is -2.17. The molecule has 0 aromatic carbocycles. The van der Waals surface area contributed by atoms with Crippen LogP contribution in [0.3, 0.4) is 0 Å². The topological polar surface area (TPSA) is 29.1 Å². The Bertz CT molecular complexity index is 148. The predicted molar refractivity (Wildman–Crippen MR) is 45.4 cm³/mol. The fourth-order valence-corrected chi connectivity index (χ4v) is 1.38. The molecule has 0 aromatic heterocycles. The predicted octanol–water partition coefficient (Wildman–Crippen LogP) is 1.13. The van der Waals surface area contributed by atoms with Crippen molar-refractivity contribution in [2.75, 3.05) is 13.1 Å². The van der Waals surface area contributed by atoms with Crippen LogP contribution in [0, 0.1) is 5.92 Å². The molecule has 62 valence electrons. The van der Waals surface area contributed by atoms with Crippen molar-refractivity contribution in [2.24, 2.45) is 5.92 Å². The zero-order valence-electron chi connectivity index (χ0n) is 6.81. The van der Waals surface area contributed by atoms with Gasteiger partial charge in [0.05, 0.1) is 0 Å². The first-order chi connectivity index (χ1) is 5.34. The molecule has 2 nitrogen and oxygen atoms in total. The average molecular weight is 153 g/mol. The van der Waals surface area contributed by atoms with Gasteiger partial charge in [0.2, 0.25) is 0 Å². The minimum Gasteiger partial charge on any atom is -0.316 e. The Morgan fingerprint density at radius 3 is 3.09 bits per heavy atom. The fourth-order valence-electron chi connectivity index (χ4n) is 1.38. The van der Waals surface area contributed by atoms with Crippen LogP contribution in [0.5, 0.6) is 0 Å². The van der Waals surface area contributed by atoms with Crippen molar-refractivity contribution in [3.05, 3.63) is 12.7 Å². The van der Waals surface area contributed by atoms with Crippen LogP contribution in [0.2, 0.25) is 0 Å². The Hall–Kier alpha value is -0.630. The van der Waals surface area contributed by atoms with Crippen LogP contribution in [0.25, 0.3) is 0 Å². The first-order valence-corrected chi connectivity index (χ1v) is 4.19. The average Bonchev–Trinajstić information content (AvgIpc) is 2.52. The molecule has 1 fully saturated rings. The van der Waals surface area contributed by atoms with E-state index in [0.717, 1.165) is 25.9 Å². The van der Waals surface area contributed by atoms with Crippen molar-refractivity contribution in [1.29, 1.82) is 0 Å². The van der Waals surface area contributed by atoms with E-state index in [9.17, 15) is 4.79 Å². The summed E-state index contributed by atoms with van der Waals surface area (Å²) in [6.45, 7) is 5.48. The summed E-state index contributed by atoms with van der Waals surface area (Å²) in [7, 11) is 0. The maximum absolute atomic E-state index is 11.3. The Morgan fingerprint density at radius 1 is 1.73 bits per heavy atom. The minimum atomic E-state index is 0.287. The van der Waals surface area contributed by atoms with Crippen molar-refractivity contribution in [2.45, 2.75) is 19.3 Å². The van der Waals surface area contributed by atoms with Gasteiger partial charge in [-0.15, -0.1) is 6.58 Å². The number of hydrogen-bond donors (Lipinski definition) is 1. The van der Waals surface area contributed by atoms with Crippen LogP contribution < -0.4 is 5.32 Å². The number of nitrogens with one attached hydrogen (secondary N) is 1. The third-order valence-electron chi connectivity index (χ3n) is 2.11. The van der Waals surface area contributed by atoms with Crippen LogP contribution in [0.1, 0.15) is 19.3 Å². The lowest BCUT2D eigenvalue weighted by molar-refractivity contribution is -0.122. The van der Waals surface area contributed by atoms with Crippen LogP contribution in [0.15, 0.2) is 12.7 Å². The van der Waals surface area contributed by atoms with E-state index in [1.54, 1.807) is 6.08 Å². The quantitative estimate of drug-likeness (QED) is 0.613. The second kappa shape index (κ2) is 4.29. The molecule has 1 N–H and O–H groups in total. The van der Waals surface area contributed by atoms with E-state index in [1.165, 1.54) is 0 Å². The number of rotatable bonds is 4. The number of Topliss-reactive ketones (excluding diaryl/α,β-unsaturated/α-hetero) is 1. The highest BCUT2D eigenvalue weighted by molar-refractivity contribution is 5.81. The Labute approximate surface area is 67.7 Å². The smallest absolute Gasteiger partial charge is 0.137 e. The monoisotopic (exact) mass is 153 g/mol. The highest BCUT2D eigenvalue weighted by Gasteiger charge is 2.20. The highest BCUT2D eigenvalue weighted by atomic mass is 16.1. The van der Waals surface area contributed by atoms with Crippen molar-refractivity contribution in [3.63, 3.8) is 0 Å². The third kappa shape index (κ3) is 2.46. The summed E-state index contributed by atoms with van der Waals surface area (Å²) < 4.78 is 0. The lowest BCUT2D eigenvalue weighted by atomic mass is 10.00. The van der Waals surface area contributed by atoms with Gasteiger partial charge in [-0.2, -0.15) is 0 Å². The van der Waals surface area contributed by atoms with E-state index in [1.807, 2.05) is 0 Å². The van der Waals surface area contributed by atoms with Gasteiger partial charge >= 0.3 is 0 Å². The zero-order valence-corrected chi connectivity index (χ0v) is 6.81. The first kappa shape index (κ1) is 8.47. The minimum absolute atomic E-state index is 0.287. The number of allylic oxidation sites excluding steroid dienone is 1. The van der Waals surface area contributed by atoms with Gasteiger partial charge in [-0.25, -0.2) is 0 Å². The molecular formula is C9H15NO. The summed E-state index contributed by atoms with van der Waals surface area (Å²) in [4.78, 5) is 11.3. The van der Waals surface area contributed by atoms with Gasteiger partial charge in [-0.3, -0.25) is 4.79 Å². The molecule has 0 aromatic rings. The van der Waals surface area contributed by atoms with E-state index in [-0.39, 0.29) is 5.92 Å².